The quantitative estimate of drug-likeness (QED) is 0.596. The van der Waals surface area contributed by atoms with Gasteiger partial charge >= 0.3 is 0 Å². The van der Waals surface area contributed by atoms with E-state index >= 15 is 0 Å². The van der Waals surface area contributed by atoms with Crippen LogP contribution in [0.15, 0.2) is 29.2 Å². The van der Waals surface area contributed by atoms with Gasteiger partial charge in [-0.2, -0.15) is 8.42 Å². The van der Waals surface area contributed by atoms with Crippen LogP contribution >= 0.6 is 0 Å². The third-order valence-electron chi connectivity index (χ3n) is 1.78. The molecule has 0 spiro atoms. The lowest BCUT2D eigenvalue weighted by molar-refractivity contribution is -0.0435. The van der Waals surface area contributed by atoms with Crippen LogP contribution in [0.5, 0.6) is 0 Å². The molecule has 0 bridgehead atoms. The van der Waals surface area contributed by atoms with E-state index in [0.717, 1.165) is 0 Å². The van der Waals surface area contributed by atoms with Crippen LogP contribution in [0.25, 0.3) is 0 Å². The number of benzene rings is 1. The van der Waals surface area contributed by atoms with E-state index in [1.165, 1.54) is 24.3 Å². The Bertz CT molecular complexity index is 479. The minimum atomic E-state index is -4.11. The smallest absolute Gasteiger partial charge is 0.265 e. The largest absolute Gasteiger partial charge is 0.296 e. The topological polar surface area (TPSA) is 74.3 Å². The highest BCUT2D eigenvalue weighted by Gasteiger charge is 2.41. The van der Waals surface area contributed by atoms with Gasteiger partial charge in [0.15, 0.2) is 0 Å². The third-order valence-corrected chi connectivity index (χ3v) is 3.29. The van der Waals surface area contributed by atoms with Crippen LogP contribution in [-0.4, -0.2) is 18.8 Å². The molecular weight excluding hydrogens is 194 g/mol. The summed E-state index contributed by atoms with van der Waals surface area (Å²) in [6.45, 7) is 0. The minimum Gasteiger partial charge on any atom is -0.265 e. The number of sulfonamides is 1. The fourth-order valence-electron chi connectivity index (χ4n) is 1.17. The number of fused-ring (bicyclic) bond motifs is 1. The van der Waals surface area contributed by atoms with Gasteiger partial charge in [0.2, 0.25) is 0 Å². The molecule has 0 N–H and O–H groups in total. The van der Waals surface area contributed by atoms with E-state index in [0.29, 0.717) is 0 Å². The van der Waals surface area contributed by atoms with Crippen LogP contribution in [-0.2, 0) is 15.2 Å². The maximum atomic E-state index is 11.2. The second kappa shape index (κ2) is 2.30. The molecule has 1 aromatic rings. The van der Waals surface area contributed by atoms with Gasteiger partial charge in [0.05, 0.1) is 5.56 Å². The summed E-state index contributed by atoms with van der Waals surface area (Å²) < 4.78 is 21.9. The summed E-state index contributed by atoms with van der Waals surface area (Å²) in [5, 5.41) is 10.9. The van der Waals surface area contributed by atoms with Crippen molar-refractivity contribution in [1.82, 2.24) is 4.47 Å². The Hall–Kier alpha value is -1.40. The number of rotatable bonds is 0. The van der Waals surface area contributed by atoms with Crippen LogP contribution in [0.3, 0.4) is 0 Å². The van der Waals surface area contributed by atoms with Crippen molar-refractivity contribution in [3.05, 3.63) is 29.8 Å². The van der Waals surface area contributed by atoms with Crippen molar-refractivity contribution >= 4 is 15.9 Å². The lowest BCUT2D eigenvalue weighted by Gasteiger charge is -1.99. The average molecular weight is 198 g/mol. The van der Waals surface area contributed by atoms with Crippen LogP contribution in [0, 0.1) is 0 Å². The number of hydrogen-bond donors (Lipinski definition) is 0. The van der Waals surface area contributed by atoms with Crippen LogP contribution in [0.1, 0.15) is 10.4 Å². The van der Waals surface area contributed by atoms with Gasteiger partial charge in [-0.25, -0.2) is 0 Å². The predicted octanol–water partition coefficient (Wildman–Crippen LogP) is 0.177. The molecule has 0 aromatic heterocycles. The van der Waals surface area contributed by atoms with Gasteiger partial charge in [0.1, 0.15) is 4.90 Å². The summed E-state index contributed by atoms with van der Waals surface area (Å²) in [5.41, 5.74) is -0.0579. The summed E-state index contributed by atoms with van der Waals surface area (Å²) in [6, 6.07) is 5.52. The molecule has 2 rings (SSSR count). The van der Waals surface area contributed by atoms with Crippen molar-refractivity contribution in [1.29, 1.82) is 0 Å². The third kappa shape index (κ3) is 0.895. The summed E-state index contributed by atoms with van der Waals surface area (Å²) in [6.07, 6.45) is 0. The van der Waals surface area contributed by atoms with E-state index in [4.69, 9.17) is 0 Å². The Balaban J connectivity index is 2.83. The Morgan fingerprint density at radius 3 is 2.38 bits per heavy atom. The van der Waals surface area contributed by atoms with Gasteiger partial charge in [-0.1, -0.05) is 21.8 Å². The van der Waals surface area contributed by atoms with Crippen molar-refractivity contribution in [2.24, 2.45) is 0 Å². The number of hydrogen-bond acceptors (Lipinski definition) is 3. The van der Waals surface area contributed by atoms with E-state index in [-0.39, 0.29) is 10.5 Å². The maximum absolute atomic E-state index is 11.2. The van der Waals surface area contributed by atoms with Crippen LogP contribution < -0.4 is 0 Å². The van der Waals surface area contributed by atoms with E-state index in [9.17, 15) is 18.4 Å². The van der Waals surface area contributed by atoms with Gasteiger partial charge in [-0.15, -0.1) is 0 Å². The molecule has 1 aliphatic rings. The van der Waals surface area contributed by atoms with Gasteiger partial charge in [0.25, 0.3) is 15.9 Å². The van der Waals surface area contributed by atoms with Gasteiger partial charge < -0.3 is 0 Å². The lowest BCUT2D eigenvalue weighted by Crippen LogP contribution is -2.24. The Labute approximate surface area is 74.2 Å². The molecular formula is C7H4NO4S. The number of carbonyl (C=O) groups excluding carboxylic acids is 1. The number of carbonyl (C=O) groups is 1. The van der Waals surface area contributed by atoms with Gasteiger partial charge in [-0.05, 0) is 12.1 Å². The van der Waals surface area contributed by atoms with Gasteiger partial charge in [-0.3, -0.25) is 4.79 Å². The Morgan fingerprint density at radius 2 is 1.77 bits per heavy atom. The summed E-state index contributed by atoms with van der Waals surface area (Å²) in [7, 11) is -4.11. The van der Waals surface area contributed by atoms with Crippen LogP contribution in [0.4, 0.5) is 0 Å². The zero-order valence-electron chi connectivity index (χ0n) is 6.30. The molecule has 0 fully saturated rings. The highest BCUT2D eigenvalue weighted by atomic mass is 32.2. The number of hydroxylamine groups is 1. The first kappa shape index (κ1) is 8.21. The molecule has 6 heteroatoms. The van der Waals surface area contributed by atoms with E-state index in [2.05, 4.69) is 0 Å². The SMILES string of the molecule is [O]N1C(=O)c2ccccc2S1(=O)=O. The normalized spacial score (nSPS) is 18.8. The molecule has 1 aliphatic heterocycles. The van der Waals surface area contributed by atoms with Crippen molar-refractivity contribution in [3.63, 3.8) is 0 Å². The van der Waals surface area contributed by atoms with Gasteiger partial charge in [0, 0.05) is 0 Å². The molecule has 0 atom stereocenters. The summed E-state index contributed by atoms with van der Waals surface area (Å²) in [5.74, 6) is -1.02. The molecule has 1 radical (unpaired) electrons. The lowest BCUT2D eigenvalue weighted by atomic mass is 10.2. The fourth-order valence-corrected chi connectivity index (χ4v) is 2.34. The number of amides is 1. The molecule has 0 unspecified atom stereocenters. The molecule has 1 aromatic carbocycles. The average Bonchev–Trinajstić information content (AvgIpc) is 2.30. The van der Waals surface area contributed by atoms with E-state index in [1.807, 2.05) is 0 Å². The Kier molecular flexibility index (Phi) is 1.45. The van der Waals surface area contributed by atoms with E-state index in [1.54, 1.807) is 0 Å². The molecule has 5 nitrogen and oxygen atoms in total. The summed E-state index contributed by atoms with van der Waals surface area (Å²) >= 11 is 0. The molecule has 0 saturated heterocycles. The standard InChI is InChI=1S/C7H4NO4S/c9-7-5-3-1-2-4-6(5)13(11,12)8(7)10/h1-4H. The highest BCUT2D eigenvalue weighted by molar-refractivity contribution is 7.90. The zero-order valence-corrected chi connectivity index (χ0v) is 7.11. The zero-order chi connectivity index (χ0) is 9.64. The monoisotopic (exact) mass is 198 g/mol. The molecule has 1 heterocycles. The molecule has 1 amide bonds. The maximum Gasteiger partial charge on any atom is 0.296 e. The van der Waals surface area contributed by atoms with Crippen molar-refractivity contribution in [2.75, 3.05) is 0 Å². The van der Waals surface area contributed by atoms with E-state index < -0.39 is 20.4 Å². The predicted molar refractivity (Wildman–Crippen MR) is 40.5 cm³/mol. The Morgan fingerprint density at radius 1 is 1.15 bits per heavy atom. The molecule has 67 valence electrons. The first-order valence-corrected chi connectivity index (χ1v) is 4.85. The highest BCUT2D eigenvalue weighted by Crippen LogP contribution is 2.28. The van der Waals surface area contributed by atoms with Crippen molar-refractivity contribution < 1.29 is 18.4 Å². The first-order chi connectivity index (χ1) is 6.05. The second-order valence-electron chi connectivity index (χ2n) is 2.53. The second-order valence-corrected chi connectivity index (χ2v) is 4.26. The summed E-state index contributed by atoms with van der Waals surface area (Å²) in [4.78, 5) is 10.8. The minimum absolute atomic E-state index is 0.0579. The van der Waals surface area contributed by atoms with Crippen LogP contribution in [0.2, 0.25) is 0 Å². The molecule has 13 heavy (non-hydrogen) atoms. The molecule has 0 aliphatic carbocycles. The fraction of sp³-hybridized carbons (Fsp3) is 0. The first-order valence-electron chi connectivity index (χ1n) is 3.41. The van der Waals surface area contributed by atoms with Crippen molar-refractivity contribution in [2.45, 2.75) is 4.90 Å². The van der Waals surface area contributed by atoms with Crippen molar-refractivity contribution in [3.8, 4) is 0 Å². The number of nitrogens with zero attached hydrogens (tertiary/aromatic N) is 1. The molecule has 0 saturated carbocycles.